The van der Waals surface area contributed by atoms with Crippen LogP contribution < -0.4 is 10.6 Å². The molecule has 0 aliphatic carbocycles. The van der Waals surface area contributed by atoms with Crippen molar-refractivity contribution in [1.29, 1.82) is 0 Å². The Morgan fingerprint density at radius 1 is 1.38 bits per heavy atom. The van der Waals surface area contributed by atoms with Gasteiger partial charge in [0.15, 0.2) is 5.96 Å². The first-order valence-corrected chi connectivity index (χ1v) is 9.20. The van der Waals surface area contributed by atoms with Crippen LogP contribution in [0.5, 0.6) is 0 Å². The van der Waals surface area contributed by atoms with E-state index in [9.17, 15) is 0 Å². The predicted octanol–water partition coefficient (Wildman–Crippen LogP) is 1.38. The lowest BCUT2D eigenvalue weighted by Crippen LogP contribution is -2.42. The summed E-state index contributed by atoms with van der Waals surface area (Å²) < 4.78 is 1.76. The fourth-order valence-corrected chi connectivity index (χ4v) is 3.86. The molecule has 0 spiro atoms. The van der Waals surface area contributed by atoms with Gasteiger partial charge in [-0.15, -0.1) is 11.3 Å². The van der Waals surface area contributed by atoms with Gasteiger partial charge in [-0.3, -0.25) is 14.6 Å². The molecule has 1 atom stereocenters. The van der Waals surface area contributed by atoms with E-state index in [0.717, 1.165) is 18.3 Å². The molecular formula is C16H25N7S. The van der Waals surface area contributed by atoms with E-state index in [1.54, 1.807) is 18.1 Å². The van der Waals surface area contributed by atoms with Crippen LogP contribution in [0, 0.1) is 0 Å². The molecule has 3 heterocycles. The molecule has 0 bridgehead atoms. The SMILES string of the molecule is CN=C(NCc1ncnn1C)NCC(c1cccs1)N1CCCC1. The minimum Gasteiger partial charge on any atom is -0.354 e. The van der Waals surface area contributed by atoms with Gasteiger partial charge in [-0.05, 0) is 37.4 Å². The second-order valence-electron chi connectivity index (χ2n) is 5.88. The number of aromatic nitrogens is 3. The molecule has 1 unspecified atom stereocenters. The summed E-state index contributed by atoms with van der Waals surface area (Å²) in [5.74, 6) is 1.67. The summed E-state index contributed by atoms with van der Waals surface area (Å²) in [6.45, 7) is 3.80. The van der Waals surface area contributed by atoms with Crippen LogP contribution in [0.1, 0.15) is 29.6 Å². The first kappa shape index (κ1) is 16.9. The number of nitrogens with zero attached hydrogens (tertiary/aromatic N) is 5. The van der Waals surface area contributed by atoms with E-state index in [1.807, 2.05) is 18.4 Å². The maximum absolute atomic E-state index is 4.32. The van der Waals surface area contributed by atoms with Crippen LogP contribution in [0.15, 0.2) is 28.8 Å². The van der Waals surface area contributed by atoms with Crippen molar-refractivity contribution in [3.63, 3.8) is 0 Å². The third-order valence-corrected chi connectivity index (χ3v) is 5.33. The van der Waals surface area contributed by atoms with E-state index in [0.29, 0.717) is 12.6 Å². The highest BCUT2D eigenvalue weighted by Crippen LogP contribution is 2.27. The van der Waals surface area contributed by atoms with Gasteiger partial charge in [-0.1, -0.05) is 6.07 Å². The lowest BCUT2D eigenvalue weighted by molar-refractivity contribution is 0.249. The third-order valence-electron chi connectivity index (χ3n) is 4.36. The zero-order chi connectivity index (χ0) is 16.8. The zero-order valence-corrected chi connectivity index (χ0v) is 15.1. The number of likely N-dealkylation sites (tertiary alicyclic amines) is 1. The molecule has 0 amide bonds. The van der Waals surface area contributed by atoms with Crippen molar-refractivity contribution >= 4 is 17.3 Å². The standard InChI is InChI=1S/C16H25N7S/c1-17-16(19-11-15-20-12-21-22(15)2)18-10-13(14-6-5-9-24-14)23-7-3-4-8-23/h5-6,9,12-13H,3-4,7-8,10-11H2,1-2H3,(H2,17,18,19). The molecule has 1 aliphatic rings. The van der Waals surface area contributed by atoms with Crippen LogP contribution in [0.4, 0.5) is 0 Å². The first-order valence-electron chi connectivity index (χ1n) is 8.33. The molecule has 1 saturated heterocycles. The van der Waals surface area contributed by atoms with E-state index in [2.05, 4.69) is 48.1 Å². The minimum atomic E-state index is 0.404. The summed E-state index contributed by atoms with van der Waals surface area (Å²) in [6.07, 6.45) is 4.15. The molecule has 130 valence electrons. The lowest BCUT2D eigenvalue weighted by atomic mass is 10.2. The Kier molecular flexibility index (Phi) is 5.81. The van der Waals surface area contributed by atoms with Crippen LogP contribution in [-0.4, -0.2) is 52.3 Å². The van der Waals surface area contributed by atoms with Crippen LogP contribution in [-0.2, 0) is 13.6 Å². The Balaban J connectivity index is 1.57. The van der Waals surface area contributed by atoms with E-state index in [4.69, 9.17) is 0 Å². The normalized spacial score (nSPS) is 17.2. The second kappa shape index (κ2) is 8.25. The molecule has 2 aromatic rings. The molecule has 24 heavy (non-hydrogen) atoms. The molecule has 2 N–H and O–H groups in total. The van der Waals surface area contributed by atoms with Gasteiger partial charge in [0.2, 0.25) is 0 Å². The van der Waals surface area contributed by atoms with Crippen molar-refractivity contribution in [3.8, 4) is 0 Å². The van der Waals surface area contributed by atoms with E-state index in [1.165, 1.54) is 30.8 Å². The number of hydrogen-bond acceptors (Lipinski definition) is 5. The summed E-state index contributed by atoms with van der Waals surface area (Å²) in [5.41, 5.74) is 0. The van der Waals surface area contributed by atoms with Gasteiger partial charge >= 0.3 is 0 Å². The predicted molar refractivity (Wildman–Crippen MR) is 97.1 cm³/mol. The second-order valence-corrected chi connectivity index (χ2v) is 6.86. The van der Waals surface area contributed by atoms with Crippen LogP contribution in [0.25, 0.3) is 0 Å². The van der Waals surface area contributed by atoms with E-state index in [-0.39, 0.29) is 0 Å². The molecule has 8 heteroatoms. The largest absolute Gasteiger partial charge is 0.354 e. The molecule has 1 fully saturated rings. The molecule has 3 rings (SSSR count). The number of guanidine groups is 1. The fourth-order valence-electron chi connectivity index (χ4n) is 3.00. The Morgan fingerprint density at radius 2 is 2.21 bits per heavy atom. The number of rotatable bonds is 6. The highest BCUT2D eigenvalue weighted by Gasteiger charge is 2.24. The quantitative estimate of drug-likeness (QED) is 0.610. The maximum Gasteiger partial charge on any atom is 0.191 e. The van der Waals surface area contributed by atoms with Crippen molar-refractivity contribution in [2.24, 2.45) is 12.0 Å². The summed E-state index contributed by atoms with van der Waals surface area (Å²) in [4.78, 5) is 12.5. The Labute approximate surface area is 146 Å². The zero-order valence-electron chi connectivity index (χ0n) is 14.3. The average Bonchev–Trinajstić information content (AvgIpc) is 3.34. The summed E-state index contributed by atoms with van der Waals surface area (Å²) in [5, 5.41) is 13.0. The molecule has 2 aromatic heterocycles. The van der Waals surface area contributed by atoms with Crippen molar-refractivity contribution in [1.82, 2.24) is 30.3 Å². The highest BCUT2D eigenvalue weighted by atomic mass is 32.1. The molecule has 0 saturated carbocycles. The van der Waals surface area contributed by atoms with Gasteiger partial charge < -0.3 is 10.6 Å². The van der Waals surface area contributed by atoms with E-state index < -0.39 is 0 Å². The topological polar surface area (TPSA) is 70.4 Å². The Morgan fingerprint density at radius 3 is 2.83 bits per heavy atom. The molecule has 0 radical (unpaired) electrons. The number of thiophene rings is 1. The summed E-state index contributed by atoms with van der Waals surface area (Å²) in [6, 6.07) is 4.76. The third kappa shape index (κ3) is 4.12. The van der Waals surface area contributed by atoms with Crippen molar-refractivity contribution in [2.75, 3.05) is 26.7 Å². The van der Waals surface area contributed by atoms with Gasteiger partial charge in [0.05, 0.1) is 12.6 Å². The number of aliphatic imine (C=N–C) groups is 1. The number of nitrogens with one attached hydrogen (secondary N) is 2. The molecular weight excluding hydrogens is 322 g/mol. The monoisotopic (exact) mass is 347 g/mol. The van der Waals surface area contributed by atoms with Crippen LogP contribution >= 0.6 is 11.3 Å². The van der Waals surface area contributed by atoms with Gasteiger partial charge in [0.25, 0.3) is 0 Å². The minimum absolute atomic E-state index is 0.404. The Hall–Kier alpha value is -1.93. The fraction of sp³-hybridized carbons (Fsp3) is 0.562. The Bertz CT molecular complexity index is 643. The molecule has 7 nitrogen and oxygen atoms in total. The summed E-state index contributed by atoms with van der Waals surface area (Å²) in [7, 11) is 3.68. The lowest BCUT2D eigenvalue weighted by Gasteiger charge is -2.27. The van der Waals surface area contributed by atoms with Gasteiger partial charge in [-0.25, -0.2) is 4.98 Å². The average molecular weight is 347 g/mol. The van der Waals surface area contributed by atoms with Gasteiger partial charge in [-0.2, -0.15) is 5.10 Å². The number of hydrogen-bond donors (Lipinski definition) is 2. The van der Waals surface area contributed by atoms with E-state index >= 15 is 0 Å². The van der Waals surface area contributed by atoms with Crippen molar-refractivity contribution < 1.29 is 0 Å². The van der Waals surface area contributed by atoms with Crippen molar-refractivity contribution in [2.45, 2.75) is 25.4 Å². The summed E-state index contributed by atoms with van der Waals surface area (Å²) >= 11 is 1.83. The van der Waals surface area contributed by atoms with Crippen LogP contribution in [0.2, 0.25) is 0 Å². The van der Waals surface area contributed by atoms with Crippen LogP contribution in [0.3, 0.4) is 0 Å². The number of aryl methyl sites for hydroxylation is 1. The van der Waals surface area contributed by atoms with Gasteiger partial charge in [0.1, 0.15) is 12.2 Å². The maximum atomic E-state index is 4.32. The smallest absolute Gasteiger partial charge is 0.191 e. The highest BCUT2D eigenvalue weighted by molar-refractivity contribution is 7.10. The molecule has 1 aliphatic heterocycles. The molecule has 0 aromatic carbocycles. The first-order chi connectivity index (χ1) is 11.8. The van der Waals surface area contributed by atoms with Gasteiger partial charge in [0, 0.05) is 25.5 Å². The van der Waals surface area contributed by atoms with Crippen molar-refractivity contribution in [3.05, 3.63) is 34.5 Å².